The molecule has 0 aliphatic carbocycles. The van der Waals surface area contributed by atoms with Crippen molar-refractivity contribution in [3.8, 4) is 0 Å². The topological polar surface area (TPSA) is 75.3 Å². The average molecular weight is 328 g/mol. The summed E-state index contributed by atoms with van der Waals surface area (Å²) in [5, 5.41) is 5.10. The van der Waals surface area contributed by atoms with Crippen molar-refractivity contribution in [1.82, 2.24) is 5.32 Å². The Labute approximate surface area is 138 Å². The molecule has 0 atom stereocenters. The van der Waals surface area contributed by atoms with Crippen molar-refractivity contribution in [2.24, 2.45) is 0 Å². The van der Waals surface area contributed by atoms with Crippen LogP contribution in [0.5, 0.6) is 0 Å². The Kier molecular flexibility index (Phi) is 5.78. The second-order valence-corrected chi connectivity index (χ2v) is 5.27. The van der Waals surface area contributed by atoms with E-state index in [-0.39, 0.29) is 30.5 Å². The van der Waals surface area contributed by atoms with Crippen LogP contribution in [0.3, 0.4) is 0 Å². The first-order valence-electron chi connectivity index (χ1n) is 7.36. The van der Waals surface area contributed by atoms with E-state index in [0.717, 1.165) is 0 Å². The predicted octanol–water partition coefficient (Wildman–Crippen LogP) is 2.33. The molecule has 2 rings (SSSR count). The molecule has 0 spiro atoms. The standard InChI is InChI=1S/C18H17FN2O3/c1-12(22)14-3-2-4-16(10-14)21-18(24)11-20-17(23)9-13-5-7-15(19)8-6-13/h2-8,10H,9,11H2,1H3,(H,20,23)(H,21,24). The van der Waals surface area contributed by atoms with Gasteiger partial charge in [0.2, 0.25) is 11.8 Å². The molecule has 2 aromatic carbocycles. The third-order valence-electron chi connectivity index (χ3n) is 3.28. The van der Waals surface area contributed by atoms with Crippen LogP contribution in [0, 0.1) is 5.82 Å². The van der Waals surface area contributed by atoms with Crippen LogP contribution in [0.25, 0.3) is 0 Å². The molecule has 0 heterocycles. The largest absolute Gasteiger partial charge is 0.347 e. The highest BCUT2D eigenvalue weighted by Crippen LogP contribution is 2.11. The quantitative estimate of drug-likeness (QED) is 0.799. The van der Waals surface area contributed by atoms with Crippen LogP contribution in [0.4, 0.5) is 10.1 Å². The third-order valence-corrected chi connectivity index (χ3v) is 3.28. The number of amides is 2. The Morgan fingerprint density at radius 2 is 1.71 bits per heavy atom. The number of carbonyl (C=O) groups is 3. The van der Waals surface area contributed by atoms with E-state index in [9.17, 15) is 18.8 Å². The van der Waals surface area contributed by atoms with Crippen molar-refractivity contribution in [2.45, 2.75) is 13.3 Å². The van der Waals surface area contributed by atoms with Crippen LogP contribution >= 0.6 is 0 Å². The SMILES string of the molecule is CC(=O)c1cccc(NC(=O)CNC(=O)Cc2ccc(F)cc2)c1. The van der Waals surface area contributed by atoms with Crippen LogP contribution in [0.2, 0.25) is 0 Å². The van der Waals surface area contributed by atoms with Gasteiger partial charge in [0.05, 0.1) is 13.0 Å². The summed E-state index contributed by atoms with van der Waals surface area (Å²) in [5.41, 5.74) is 1.64. The smallest absolute Gasteiger partial charge is 0.243 e. The van der Waals surface area contributed by atoms with E-state index in [1.165, 1.54) is 31.2 Å². The molecule has 0 radical (unpaired) electrons. The highest BCUT2D eigenvalue weighted by molar-refractivity contribution is 5.98. The summed E-state index contributed by atoms with van der Waals surface area (Å²) in [6.07, 6.45) is 0.0629. The maximum absolute atomic E-state index is 12.8. The number of nitrogens with one attached hydrogen (secondary N) is 2. The van der Waals surface area contributed by atoms with Gasteiger partial charge in [-0.05, 0) is 36.8 Å². The van der Waals surface area contributed by atoms with Gasteiger partial charge >= 0.3 is 0 Å². The molecule has 0 bridgehead atoms. The maximum Gasteiger partial charge on any atom is 0.243 e. The zero-order chi connectivity index (χ0) is 17.5. The van der Waals surface area contributed by atoms with Crippen LogP contribution in [-0.2, 0) is 16.0 Å². The first kappa shape index (κ1) is 17.3. The number of carbonyl (C=O) groups excluding carboxylic acids is 3. The van der Waals surface area contributed by atoms with Gasteiger partial charge in [-0.3, -0.25) is 14.4 Å². The van der Waals surface area contributed by atoms with Crippen LogP contribution in [0.15, 0.2) is 48.5 Å². The van der Waals surface area contributed by atoms with Gasteiger partial charge in [0, 0.05) is 11.3 Å². The number of halogens is 1. The van der Waals surface area contributed by atoms with E-state index in [1.807, 2.05) is 0 Å². The number of Topliss-reactive ketones (excluding diaryl/α,β-unsaturated/α-hetero) is 1. The summed E-state index contributed by atoms with van der Waals surface area (Å²) < 4.78 is 12.8. The van der Waals surface area contributed by atoms with Gasteiger partial charge in [-0.15, -0.1) is 0 Å². The summed E-state index contributed by atoms with van der Waals surface area (Å²) in [7, 11) is 0. The van der Waals surface area contributed by atoms with Crippen molar-refractivity contribution < 1.29 is 18.8 Å². The van der Waals surface area contributed by atoms with E-state index in [4.69, 9.17) is 0 Å². The average Bonchev–Trinajstić information content (AvgIpc) is 2.55. The van der Waals surface area contributed by atoms with E-state index in [0.29, 0.717) is 16.8 Å². The molecule has 0 fully saturated rings. The maximum atomic E-state index is 12.8. The van der Waals surface area contributed by atoms with Gasteiger partial charge in [0.1, 0.15) is 5.82 Å². The van der Waals surface area contributed by atoms with Gasteiger partial charge in [0.25, 0.3) is 0 Å². The van der Waals surface area contributed by atoms with E-state index in [1.54, 1.807) is 24.3 Å². The van der Waals surface area contributed by atoms with Gasteiger partial charge in [-0.2, -0.15) is 0 Å². The number of anilines is 1. The lowest BCUT2D eigenvalue weighted by Gasteiger charge is -2.08. The highest BCUT2D eigenvalue weighted by Gasteiger charge is 2.08. The monoisotopic (exact) mass is 328 g/mol. The molecule has 0 unspecified atom stereocenters. The molecule has 0 saturated heterocycles. The minimum atomic E-state index is -0.400. The molecular weight excluding hydrogens is 311 g/mol. The number of ketones is 1. The molecule has 0 aliphatic rings. The van der Waals surface area contributed by atoms with Gasteiger partial charge in [0.15, 0.2) is 5.78 Å². The zero-order valence-electron chi connectivity index (χ0n) is 13.1. The van der Waals surface area contributed by atoms with E-state index < -0.39 is 5.91 Å². The number of rotatable bonds is 6. The molecule has 0 aromatic heterocycles. The molecule has 2 N–H and O–H groups in total. The molecular formula is C18H17FN2O3. The zero-order valence-corrected chi connectivity index (χ0v) is 13.1. The lowest BCUT2D eigenvalue weighted by molar-refractivity contribution is -0.123. The number of hydrogen-bond acceptors (Lipinski definition) is 3. The molecule has 124 valence electrons. The first-order chi connectivity index (χ1) is 11.4. The normalized spacial score (nSPS) is 10.1. The van der Waals surface area contributed by atoms with E-state index >= 15 is 0 Å². The van der Waals surface area contributed by atoms with Gasteiger partial charge in [-0.25, -0.2) is 4.39 Å². The summed E-state index contributed by atoms with van der Waals surface area (Å²) in [5.74, 6) is -1.21. The van der Waals surface area contributed by atoms with Gasteiger partial charge in [-0.1, -0.05) is 24.3 Å². The van der Waals surface area contributed by atoms with Crippen molar-refractivity contribution >= 4 is 23.3 Å². The Balaban J connectivity index is 1.82. The minimum absolute atomic E-state index is 0.0629. The fraction of sp³-hybridized carbons (Fsp3) is 0.167. The molecule has 24 heavy (non-hydrogen) atoms. The Bertz CT molecular complexity index is 757. The van der Waals surface area contributed by atoms with Crippen molar-refractivity contribution in [1.29, 1.82) is 0 Å². The summed E-state index contributed by atoms with van der Waals surface area (Å²) in [6, 6.07) is 12.1. The molecule has 0 saturated carbocycles. The molecule has 6 heteroatoms. The van der Waals surface area contributed by atoms with Crippen LogP contribution < -0.4 is 10.6 Å². The van der Waals surface area contributed by atoms with Crippen molar-refractivity contribution in [3.63, 3.8) is 0 Å². The van der Waals surface area contributed by atoms with Crippen LogP contribution in [-0.4, -0.2) is 24.1 Å². The summed E-state index contributed by atoms with van der Waals surface area (Å²) in [4.78, 5) is 34.9. The minimum Gasteiger partial charge on any atom is -0.347 e. The Morgan fingerprint density at radius 1 is 1.00 bits per heavy atom. The molecule has 2 amide bonds. The van der Waals surface area contributed by atoms with Gasteiger partial charge < -0.3 is 10.6 Å². The third kappa shape index (κ3) is 5.31. The van der Waals surface area contributed by atoms with Crippen LogP contribution in [0.1, 0.15) is 22.8 Å². The second kappa shape index (κ2) is 8.01. The number of benzene rings is 2. The second-order valence-electron chi connectivity index (χ2n) is 5.27. The molecule has 2 aromatic rings. The Morgan fingerprint density at radius 3 is 2.38 bits per heavy atom. The van der Waals surface area contributed by atoms with Crippen molar-refractivity contribution in [2.75, 3.05) is 11.9 Å². The lowest BCUT2D eigenvalue weighted by Crippen LogP contribution is -2.33. The van der Waals surface area contributed by atoms with Crippen molar-refractivity contribution in [3.05, 3.63) is 65.5 Å². The highest BCUT2D eigenvalue weighted by atomic mass is 19.1. The summed E-state index contributed by atoms with van der Waals surface area (Å²) in [6.45, 7) is 1.25. The fourth-order valence-electron chi connectivity index (χ4n) is 2.05. The molecule has 0 aliphatic heterocycles. The molecule has 5 nitrogen and oxygen atoms in total. The lowest BCUT2D eigenvalue weighted by atomic mass is 10.1. The summed E-state index contributed by atoms with van der Waals surface area (Å²) >= 11 is 0. The predicted molar refractivity (Wildman–Crippen MR) is 88.2 cm³/mol. The first-order valence-corrected chi connectivity index (χ1v) is 7.36. The fourth-order valence-corrected chi connectivity index (χ4v) is 2.05. The number of hydrogen-bond donors (Lipinski definition) is 2. The van der Waals surface area contributed by atoms with E-state index in [2.05, 4.69) is 10.6 Å². The Hall–Kier alpha value is -3.02.